The molecule has 0 bridgehead atoms. The van der Waals surface area contributed by atoms with Crippen LogP contribution >= 0.6 is 0 Å². The second-order valence-corrected chi connectivity index (χ2v) is 3.73. The van der Waals surface area contributed by atoms with Gasteiger partial charge >= 0.3 is 0 Å². The van der Waals surface area contributed by atoms with Crippen molar-refractivity contribution < 1.29 is 0 Å². The molecule has 1 N–H and O–H groups in total. The van der Waals surface area contributed by atoms with Gasteiger partial charge < -0.3 is 4.98 Å². The Bertz CT molecular complexity index is 201. The zero-order valence-corrected chi connectivity index (χ0v) is 8.84. The highest BCUT2D eigenvalue weighted by Gasteiger charge is 2.08. The lowest BCUT2D eigenvalue weighted by Gasteiger charge is -2.12. The quantitative estimate of drug-likeness (QED) is 0.633. The summed E-state index contributed by atoms with van der Waals surface area (Å²) in [6, 6.07) is 4.30. The van der Waals surface area contributed by atoms with E-state index in [1.165, 1.54) is 37.8 Å². The van der Waals surface area contributed by atoms with Crippen LogP contribution in [0.2, 0.25) is 0 Å². The average Bonchev–Trinajstić information content (AvgIpc) is 2.65. The van der Waals surface area contributed by atoms with E-state index in [9.17, 15) is 0 Å². The van der Waals surface area contributed by atoms with Crippen molar-refractivity contribution in [2.24, 2.45) is 0 Å². The first-order chi connectivity index (χ1) is 6.38. The molecule has 1 unspecified atom stereocenters. The monoisotopic (exact) mass is 179 g/mol. The van der Waals surface area contributed by atoms with Crippen LogP contribution in [0.3, 0.4) is 0 Å². The van der Waals surface area contributed by atoms with E-state index in [0.29, 0.717) is 0 Å². The molecule has 1 rings (SSSR count). The van der Waals surface area contributed by atoms with Crippen LogP contribution in [0.15, 0.2) is 18.3 Å². The summed E-state index contributed by atoms with van der Waals surface area (Å²) < 4.78 is 0. The molecule has 1 heteroatoms. The number of aromatic amines is 1. The molecule has 0 aromatic carbocycles. The smallest absolute Gasteiger partial charge is 0.0178 e. The standard InChI is InChI=1S/C12H21N/c1-3-5-6-8-11(4-2)12-9-7-10-13-12/h7,9-11,13H,3-6,8H2,1-2H3. The Hall–Kier alpha value is -0.720. The first-order valence-corrected chi connectivity index (χ1v) is 5.51. The Morgan fingerprint density at radius 3 is 2.69 bits per heavy atom. The van der Waals surface area contributed by atoms with E-state index < -0.39 is 0 Å². The predicted molar refractivity (Wildman–Crippen MR) is 58.0 cm³/mol. The van der Waals surface area contributed by atoms with Crippen molar-refractivity contribution in [1.29, 1.82) is 0 Å². The van der Waals surface area contributed by atoms with Crippen molar-refractivity contribution in [1.82, 2.24) is 4.98 Å². The van der Waals surface area contributed by atoms with Gasteiger partial charge in [0, 0.05) is 11.9 Å². The molecule has 1 aromatic rings. The Balaban J connectivity index is 2.35. The molecule has 0 fully saturated rings. The summed E-state index contributed by atoms with van der Waals surface area (Å²) in [6.45, 7) is 4.53. The lowest BCUT2D eigenvalue weighted by molar-refractivity contribution is 0.545. The minimum Gasteiger partial charge on any atom is -0.365 e. The van der Waals surface area contributed by atoms with Crippen molar-refractivity contribution in [2.75, 3.05) is 0 Å². The fourth-order valence-corrected chi connectivity index (χ4v) is 1.82. The van der Waals surface area contributed by atoms with Gasteiger partial charge in [-0.15, -0.1) is 0 Å². The molecule has 0 saturated heterocycles. The van der Waals surface area contributed by atoms with Crippen LogP contribution in [0, 0.1) is 0 Å². The van der Waals surface area contributed by atoms with Crippen LogP contribution in [-0.2, 0) is 0 Å². The normalized spacial score (nSPS) is 13.1. The van der Waals surface area contributed by atoms with Gasteiger partial charge in [-0.1, -0.05) is 33.1 Å². The lowest BCUT2D eigenvalue weighted by atomic mass is 9.95. The average molecular weight is 179 g/mol. The number of nitrogens with one attached hydrogen (secondary N) is 1. The maximum atomic E-state index is 3.32. The molecular weight excluding hydrogens is 158 g/mol. The molecule has 1 aromatic heterocycles. The first-order valence-electron chi connectivity index (χ1n) is 5.51. The summed E-state index contributed by atoms with van der Waals surface area (Å²) >= 11 is 0. The van der Waals surface area contributed by atoms with Gasteiger partial charge in [0.05, 0.1) is 0 Å². The highest BCUT2D eigenvalue weighted by atomic mass is 14.7. The molecule has 1 heterocycles. The first kappa shape index (κ1) is 10.4. The minimum absolute atomic E-state index is 0.751. The number of unbranched alkanes of at least 4 members (excludes halogenated alkanes) is 2. The molecule has 0 aliphatic heterocycles. The van der Waals surface area contributed by atoms with Gasteiger partial charge in [-0.3, -0.25) is 0 Å². The Labute approximate surface area is 81.6 Å². The maximum Gasteiger partial charge on any atom is 0.0178 e. The molecule has 0 spiro atoms. The van der Waals surface area contributed by atoms with Crippen LogP contribution in [-0.4, -0.2) is 4.98 Å². The van der Waals surface area contributed by atoms with Gasteiger partial charge in [-0.2, -0.15) is 0 Å². The van der Waals surface area contributed by atoms with E-state index in [4.69, 9.17) is 0 Å². The van der Waals surface area contributed by atoms with E-state index in [0.717, 1.165) is 5.92 Å². The van der Waals surface area contributed by atoms with Crippen molar-refractivity contribution in [2.45, 2.75) is 51.9 Å². The van der Waals surface area contributed by atoms with Gasteiger partial charge in [0.1, 0.15) is 0 Å². The van der Waals surface area contributed by atoms with Crippen LogP contribution < -0.4 is 0 Å². The molecule has 13 heavy (non-hydrogen) atoms. The van der Waals surface area contributed by atoms with E-state index in [-0.39, 0.29) is 0 Å². The van der Waals surface area contributed by atoms with Gasteiger partial charge in [-0.05, 0) is 30.9 Å². The van der Waals surface area contributed by atoms with E-state index >= 15 is 0 Å². The summed E-state index contributed by atoms with van der Waals surface area (Å²) in [7, 11) is 0. The number of hydrogen-bond acceptors (Lipinski definition) is 0. The second kappa shape index (κ2) is 5.85. The van der Waals surface area contributed by atoms with E-state index in [1.54, 1.807) is 0 Å². The Morgan fingerprint density at radius 1 is 1.31 bits per heavy atom. The predicted octanol–water partition coefficient (Wildman–Crippen LogP) is 4.09. The summed E-state index contributed by atoms with van der Waals surface area (Å²) in [4.78, 5) is 3.32. The SMILES string of the molecule is CCCCCC(CC)c1ccc[nH]1. The number of H-pyrrole nitrogens is 1. The topological polar surface area (TPSA) is 15.8 Å². The Morgan fingerprint density at radius 2 is 2.15 bits per heavy atom. The number of hydrogen-bond donors (Lipinski definition) is 1. The van der Waals surface area contributed by atoms with Crippen LogP contribution in [0.5, 0.6) is 0 Å². The highest BCUT2D eigenvalue weighted by molar-refractivity contribution is 5.09. The molecule has 1 atom stereocenters. The zero-order chi connectivity index (χ0) is 9.52. The maximum absolute atomic E-state index is 3.32. The van der Waals surface area contributed by atoms with Crippen LogP contribution in [0.25, 0.3) is 0 Å². The Kier molecular flexibility index (Phi) is 4.66. The summed E-state index contributed by atoms with van der Waals surface area (Å²) in [5.41, 5.74) is 1.42. The molecule has 0 amide bonds. The molecule has 1 nitrogen and oxygen atoms in total. The van der Waals surface area contributed by atoms with Crippen LogP contribution in [0.4, 0.5) is 0 Å². The third-order valence-corrected chi connectivity index (χ3v) is 2.71. The molecule has 0 radical (unpaired) electrons. The van der Waals surface area contributed by atoms with E-state index in [2.05, 4.69) is 31.0 Å². The third kappa shape index (κ3) is 3.25. The van der Waals surface area contributed by atoms with Gasteiger partial charge in [0.25, 0.3) is 0 Å². The summed E-state index contributed by atoms with van der Waals surface area (Å²) in [5, 5.41) is 0. The van der Waals surface area contributed by atoms with Crippen molar-refractivity contribution in [3.63, 3.8) is 0 Å². The minimum atomic E-state index is 0.751. The van der Waals surface area contributed by atoms with Gasteiger partial charge in [0.2, 0.25) is 0 Å². The summed E-state index contributed by atoms with van der Waals surface area (Å²) in [5.74, 6) is 0.751. The second-order valence-electron chi connectivity index (χ2n) is 3.73. The summed E-state index contributed by atoms with van der Waals surface area (Å²) in [6.07, 6.45) is 8.68. The largest absolute Gasteiger partial charge is 0.365 e. The lowest BCUT2D eigenvalue weighted by Crippen LogP contribution is -1.97. The third-order valence-electron chi connectivity index (χ3n) is 2.71. The molecule has 74 valence electrons. The number of aromatic nitrogens is 1. The van der Waals surface area contributed by atoms with Gasteiger partial charge in [-0.25, -0.2) is 0 Å². The zero-order valence-electron chi connectivity index (χ0n) is 8.84. The molecule has 0 saturated carbocycles. The molecule has 0 aliphatic carbocycles. The van der Waals surface area contributed by atoms with E-state index in [1.807, 2.05) is 6.20 Å². The van der Waals surface area contributed by atoms with Crippen molar-refractivity contribution >= 4 is 0 Å². The molecular formula is C12H21N. The van der Waals surface area contributed by atoms with Crippen molar-refractivity contribution in [3.05, 3.63) is 24.0 Å². The van der Waals surface area contributed by atoms with Crippen LogP contribution in [0.1, 0.15) is 57.6 Å². The highest BCUT2D eigenvalue weighted by Crippen LogP contribution is 2.23. The molecule has 0 aliphatic rings. The van der Waals surface area contributed by atoms with Gasteiger partial charge in [0.15, 0.2) is 0 Å². The number of rotatable bonds is 6. The van der Waals surface area contributed by atoms with Crippen molar-refractivity contribution in [3.8, 4) is 0 Å². The fraction of sp³-hybridized carbons (Fsp3) is 0.667. The fourth-order valence-electron chi connectivity index (χ4n) is 1.82.